The standard InChI is InChI=1S/C17H17BrN6O3/c1-10-4-5-13(15(8-10)24(26)27)19-17(25)14-6-7-22(21-14)9-23-12(3)16(18)11(2)20-23/h4-8H,9H2,1-3H3,(H,19,25). The van der Waals surface area contributed by atoms with E-state index in [1.807, 2.05) is 13.8 Å². The molecule has 0 aliphatic carbocycles. The maximum atomic E-state index is 12.4. The molecule has 1 aromatic carbocycles. The lowest BCUT2D eigenvalue weighted by Crippen LogP contribution is -2.16. The van der Waals surface area contributed by atoms with Crippen LogP contribution in [0.2, 0.25) is 0 Å². The maximum absolute atomic E-state index is 12.4. The lowest BCUT2D eigenvalue weighted by atomic mass is 10.2. The molecule has 0 unspecified atom stereocenters. The normalized spacial score (nSPS) is 10.8. The summed E-state index contributed by atoms with van der Waals surface area (Å²) in [5.41, 5.74) is 2.68. The second kappa shape index (κ2) is 7.31. The summed E-state index contributed by atoms with van der Waals surface area (Å²) in [4.78, 5) is 23.1. The molecule has 9 nitrogen and oxygen atoms in total. The Morgan fingerprint density at radius 1 is 1.26 bits per heavy atom. The fourth-order valence-corrected chi connectivity index (χ4v) is 2.88. The molecule has 2 aromatic heterocycles. The summed E-state index contributed by atoms with van der Waals surface area (Å²) in [6.45, 7) is 5.91. The van der Waals surface area contributed by atoms with Gasteiger partial charge in [-0.2, -0.15) is 10.2 Å². The van der Waals surface area contributed by atoms with Crippen LogP contribution in [0, 0.1) is 30.9 Å². The largest absolute Gasteiger partial charge is 0.315 e. The fraction of sp³-hybridized carbons (Fsp3) is 0.235. The number of anilines is 1. The van der Waals surface area contributed by atoms with Gasteiger partial charge in [0.05, 0.1) is 20.8 Å². The minimum absolute atomic E-state index is 0.132. The number of hydrogen-bond acceptors (Lipinski definition) is 5. The van der Waals surface area contributed by atoms with Crippen LogP contribution in [-0.4, -0.2) is 30.4 Å². The molecule has 0 spiro atoms. The average molecular weight is 433 g/mol. The highest BCUT2D eigenvalue weighted by atomic mass is 79.9. The minimum Gasteiger partial charge on any atom is -0.315 e. The number of amides is 1. The monoisotopic (exact) mass is 432 g/mol. The summed E-state index contributed by atoms with van der Waals surface area (Å²) in [5, 5.41) is 22.4. The fourth-order valence-electron chi connectivity index (χ4n) is 2.60. The van der Waals surface area contributed by atoms with Gasteiger partial charge in [-0.15, -0.1) is 0 Å². The van der Waals surface area contributed by atoms with E-state index in [-0.39, 0.29) is 17.1 Å². The van der Waals surface area contributed by atoms with Crippen LogP contribution in [0.1, 0.15) is 27.4 Å². The smallest absolute Gasteiger partial charge is 0.293 e. The summed E-state index contributed by atoms with van der Waals surface area (Å²) in [6, 6.07) is 6.17. The van der Waals surface area contributed by atoms with E-state index in [4.69, 9.17) is 0 Å². The van der Waals surface area contributed by atoms with Crippen molar-refractivity contribution in [3.05, 3.63) is 67.7 Å². The van der Waals surface area contributed by atoms with Crippen molar-refractivity contribution in [1.29, 1.82) is 0 Å². The number of carbonyl (C=O) groups is 1. The molecular formula is C17H17BrN6O3. The van der Waals surface area contributed by atoms with Crippen LogP contribution in [0.5, 0.6) is 0 Å². The third kappa shape index (κ3) is 3.90. The number of nitrogens with zero attached hydrogens (tertiary/aromatic N) is 5. The van der Waals surface area contributed by atoms with E-state index in [0.717, 1.165) is 21.4 Å². The Hall–Kier alpha value is -3.01. The van der Waals surface area contributed by atoms with Crippen LogP contribution in [0.15, 0.2) is 34.9 Å². The predicted molar refractivity (Wildman–Crippen MR) is 103 cm³/mol. The van der Waals surface area contributed by atoms with Crippen molar-refractivity contribution >= 4 is 33.2 Å². The van der Waals surface area contributed by atoms with Gasteiger partial charge in [0.15, 0.2) is 5.69 Å². The second-order valence-electron chi connectivity index (χ2n) is 6.10. The molecule has 3 aromatic rings. The molecule has 27 heavy (non-hydrogen) atoms. The Bertz CT molecular complexity index is 1040. The second-order valence-corrected chi connectivity index (χ2v) is 6.89. The zero-order valence-corrected chi connectivity index (χ0v) is 16.5. The molecule has 0 bridgehead atoms. The number of aromatic nitrogens is 4. The molecule has 0 fully saturated rings. The van der Waals surface area contributed by atoms with Gasteiger partial charge in [0.2, 0.25) is 0 Å². The Kier molecular flexibility index (Phi) is 5.08. The van der Waals surface area contributed by atoms with E-state index >= 15 is 0 Å². The van der Waals surface area contributed by atoms with Crippen molar-refractivity contribution in [2.24, 2.45) is 0 Å². The third-order valence-electron chi connectivity index (χ3n) is 4.04. The Morgan fingerprint density at radius 3 is 2.63 bits per heavy atom. The number of nitro groups is 1. The lowest BCUT2D eigenvalue weighted by molar-refractivity contribution is -0.384. The molecule has 0 radical (unpaired) electrons. The Labute approximate surface area is 163 Å². The van der Waals surface area contributed by atoms with Crippen molar-refractivity contribution in [2.45, 2.75) is 27.4 Å². The first-order valence-corrected chi connectivity index (χ1v) is 8.85. The zero-order valence-electron chi connectivity index (χ0n) is 14.9. The first-order chi connectivity index (χ1) is 12.8. The van der Waals surface area contributed by atoms with Crippen molar-refractivity contribution in [2.75, 3.05) is 5.32 Å². The van der Waals surface area contributed by atoms with E-state index in [1.165, 1.54) is 12.1 Å². The van der Waals surface area contributed by atoms with Gasteiger partial charge in [0.25, 0.3) is 11.6 Å². The van der Waals surface area contributed by atoms with Gasteiger partial charge < -0.3 is 5.32 Å². The minimum atomic E-state index is -0.526. The van der Waals surface area contributed by atoms with Crippen LogP contribution in [0.4, 0.5) is 11.4 Å². The third-order valence-corrected chi connectivity index (χ3v) is 5.19. The molecule has 0 atom stereocenters. The average Bonchev–Trinajstić information content (AvgIpc) is 3.18. The summed E-state index contributed by atoms with van der Waals surface area (Å²) < 4.78 is 4.27. The van der Waals surface area contributed by atoms with Crippen LogP contribution < -0.4 is 5.32 Å². The Balaban J connectivity index is 1.78. The van der Waals surface area contributed by atoms with Gasteiger partial charge in [-0.3, -0.25) is 19.6 Å². The van der Waals surface area contributed by atoms with Gasteiger partial charge in [-0.1, -0.05) is 6.07 Å². The molecular weight excluding hydrogens is 416 g/mol. The number of hydrogen-bond donors (Lipinski definition) is 1. The number of carbonyl (C=O) groups excluding carboxylic acids is 1. The molecule has 0 saturated carbocycles. The van der Waals surface area contributed by atoms with E-state index < -0.39 is 10.8 Å². The maximum Gasteiger partial charge on any atom is 0.293 e. The molecule has 0 saturated heterocycles. The zero-order chi connectivity index (χ0) is 19.7. The van der Waals surface area contributed by atoms with Crippen LogP contribution in [0.3, 0.4) is 0 Å². The number of nitrogens with one attached hydrogen (secondary N) is 1. The topological polar surface area (TPSA) is 108 Å². The molecule has 140 valence electrons. The van der Waals surface area contributed by atoms with Crippen molar-refractivity contribution < 1.29 is 9.72 Å². The van der Waals surface area contributed by atoms with Gasteiger partial charge in [0, 0.05) is 12.3 Å². The molecule has 0 aliphatic heterocycles. The van der Waals surface area contributed by atoms with E-state index in [1.54, 1.807) is 34.6 Å². The number of rotatable bonds is 5. The highest BCUT2D eigenvalue weighted by Crippen LogP contribution is 2.25. The lowest BCUT2D eigenvalue weighted by Gasteiger charge is -2.06. The van der Waals surface area contributed by atoms with E-state index in [0.29, 0.717) is 6.67 Å². The molecule has 10 heteroatoms. The molecule has 1 N–H and O–H groups in total. The molecule has 0 aliphatic rings. The summed E-state index contributed by atoms with van der Waals surface area (Å²) in [5.74, 6) is -0.518. The number of halogens is 1. The first kappa shape index (κ1) is 18.8. The van der Waals surface area contributed by atoms with Gasteiger partial charge in [-0.25, -0.2) is 4.68 Å². The van der Waals surface area contributed by atoms with Crippen LogP contribution in [0.25, 0.3) is 0 Å². The van der Waals surface area contributed by atoms with E-state index in [2.05, 4.69) is 31.4 Å². The highest BCUT2D eigenvalue weighted by Gasteiger charge is 2.18. The number of aryl methyl sites for hydroxylation is 2. The highest BCUT2D eigenvalue weighted by molar-refractivity contribution is 9.10. The number of benzene rings is 1. The summed E-state index contributed by atoms with van der Waals surface area (Å²) in [7, 11) is 0. The van der Waals surface area contributed by atoms with E-state index in [9.17, 15) is 14.9 Å². The Morgan fingerprint density at radius 2 is 2.00 bits per heavy atom. The SMILES string of the molecule is Cc1ccc(NC(=O)c2ccn(Cn3nc(C)c(Br)c3C)n2)c([N+](=O)[O-])c1. The molecule has 3 rings (SSSR count). The number of nitro benzene ring substituents is 1. The van der Waals surface area contributed by atoms with Crippen molar-refractivity contribution in [3.63, 3.8) is 0 Å². The summed E-state index contributed by atoms with van der Waals surface area (Å²) in [6.07, 6.45) is 1.66. The predicted octanol–water partition coefficient (Wildman–Crippen LogP) is 3.43. The van der Waals surface area contributed by atoms with Gasteiger partial charge >= 0.3 is 0 Å². The quantitative estimate of drug-likeness (QED) is 0.490. The molecule has 2 heterocycles. The van der Waals surface area contributed by atoms with Crippen molar-refractivity contribution in [1.82, 2.24) is 19.6 Å². The van der Waals surface area contributed by atoms with Gasteiger partial charge in [0.1, 0.15) is 12.4 Å². The van der Waals surface area contributed by atoms with Gasteiger partial charge in [-0.05, 0) is 54.4 Å². The van der Waals surface area contributed by atoms with Crippen molar-refractivity contribution in [3.8, 4) is 0 Å². The first-order valence-electron chi connectivity index (χ1n) is 8.05. The summed E-state index contributed by atoms with van der Waals surface area (Å²) >= 11 is 3.47. The molecule has 1 amide bonds. The van der Waals surface area contributed by atoms with Crippen LogP contribution in [-0.2, 0) is 6.67 Å². The van der Waals surface area contributed by atoms with Crippen LogP contribution >= 0.6 is 15.9 Å².